The Labute approximate surface area is 87.1 Å². The molecule has 0 fully saturated rings. The zero-order valence-corrected chi connectivity index (χ0v) is 8.73. The van der Waals surface area contributed by atoms with E-state index in [4.69, 9.17) is 10.1 Å². The van der Waals surface area contributed by atoms with Crippen LogP contribution in [0.4, 0.5) is 0 Å². The van der Waals surface area contributed by atoms with Crippen molar-refractivity contribution in [1.29, 1.82) is 5.39 Å². The van der Waals surface area contributed by atoms with Gasteiger partial charge in [0.05, 0.1) is 13.7 Å². The van der Waals surface area contributed by atoms with Crippen molar-refractivity contribution in [1.82, 2.24) is 9.99 Å². The summed E-state index contributed by atoms with van der Waals surface area (Å²) in [4.78, 5) is 14.3. The fraction of sp³-hybridized carbons (Fsp3) is 0.444. The van der Waals surface area contributed by atoms with Crippen LogP contribution in [0.25, 0.3) is 5.08 Å². The number of methoxy groups -OCH3 is 1. The second-order valence-electron chi connectivity index (χ2n) is 2.96. The molecule has 0 aliphatic rings. The molecule has 0 aliphatic heterocycles. The summed E-state index contributed by atoms with van der Waals surface area (Å²) in [7, 11) is 1.44. The molecule has 80 valence electrons. The average molecular weight is 209 g/mol. The molecule has 6 nitrogen and oxygen atoms in total. The van der Waals surface area contributed by atoms with Gasteiger partial charge in [0.1, 0.15) is 6.54 Å². The second kappa shape index (κ2) is 5.00. The number of nitrogens with zero attached hydrogens (tertiary/aromatic N) is 3. The number of H-pyrrole nitrogens is 1. The van der Waals surface area contributed by atoms with E-state index in [2.05, 4.69) is 10.1 Å². The maximum Gasteiger partial charge on any atom is 0.305 e. The van der Waals surface area contributed by atoms with Gasteiger partial charge in [-0.15, -0.1) is 0 Å². The molecule has 15 heavy (non-hydrogen) atoms. The minimum absolute atomic E-state index is 0.194. The summed E-state index contributed by atoms with van der Waals surface area (Å²) in [5.74, 6) is 0.266. The SMILES string of the molecule is CCN(Cc1cc(=O)c(OC)c[nH]1)[N+]#N. The van der Waals surface area contributed by atoms with Crippen molar-refractivity contribution in [3.8, 4) is 5.75 Å². The lowest BCUT2D eigenvalue weighted by molar-refractivity contribution is 0.368. The fourth-order valence-electron chi connectivity index (χ4n) is 1.15. The molecule has 0 atom stereocenters. The van der Waals surface area contributed by atoms with E-state index in [-0.39, 0.29) is 11.2 Å². The van der Waals surface area contributed by atoms with Gasteiger partial charge in [-0.2, -0.15) is 0 Å². The molecule has 0 spiro atoms. The van der Waals surface area contributed by atoms with Gasteiger partial charge in [-0.1, -0.05) is 0 Å². The van der Waals surface area contributed by atoms with Gasteiger partial charge in [-0.25, -0.2) is 0 Å². The normalized spacial score (nSPS) is 9.40. The maximum absolute atomic E-state index is 11.4. The summed E-state index contributed by atoms with van der Waals surface area (Å²) in [6.45, 7) is 2.76. The molecule has 0 saturated heterocycles. The summed E-state index contributed by atoms with van der Waals surface area (Å²) < 4.78 is 4.83. The third-order valence-electron chi connectivity index (χ3n) is 2.00. The van der Waals surface area contributed by atoms with Gasteiger partial charge in [0, 0.05) is 18.0 Å². The number of aromatic amines is 1. The predicted molar refractivity (Wildman–Crippen MR) is 54.8 cm³/mol. The topological polar surface area (TPSA) is 73.5 Å². The first kappa shape index (κ1) is 11.0. The van der Waals surface area contributed by atoms with Crippen molar-refractivity contribution in [3.63, 3.8) is 0 Å². The van der Waals surface area contributed by atoms with E-state index in [0.717, 1.165) is 0 Å². The van der Waals surface area contributed by atoms with Gasteiger partial charge in [0.25, 0.3) is 5.39 Å². The first-order chi connectivity index (χ1) is 7.21. The van der Waals surface area contributed by atoms with E-state index in [1.807, 2.05) is 6.92 Å². The van der Waals surface area contributed by atoms with Crippen LogP contribution in [0.15, 0.2) is 17.1 Å². The Kier molecular flexibility index (Phi) is 3.68. The number of rotatable bonds is 4. The maximum atomic E-state index is 11.4. The second-order valence-corrected chi connectivity index (χ2v) is 2.96. The standard InChI is InChI=1S/C9H12N4O2/c1-3-13(12-10)6-7-4-8(14)9(15-2)5-11-7/h4-5H,3,6H2,1-2H3/p+1. The molecule has 1 rings (SSSR count). The quantitative estimate of drug-likeness (QED) is 0.592. The van der Waals surface area contributed by atoms with Crippen LogP contribution in [0, 0.1) is 5.39 Å². The van der Waals surface area contributed by atoms with Crippen molar-refractivity contribution < 1.29 is 4.74 Å². The van der Waals surface area contributed by atoms with Crippen molar-refractivity contribution >= 4 is 0 Å². The zero-order valence-electron chi connectivity index (χ0n) is 8.73. The van der Waals surface area contributed by atoms with Crippen molar-refractivity contribution in [2.24, 2.45) is 0 Å². The Morgan fingerprint density at radius 3 is 2.87 bits per heavy atom. The highest BCUT2D eigenvalue weighted by Crippen LogP contribution is 2.03. The van der Waals surface area contributed by atoms with E-state index in [1.54, 1.807) is 0 Å². The number of hydrogen-bond donors (Lipinski definition) is 1. The van der Waals surface area contributed by atoms with Crippen LogP contribution < -0.4 is 10.2 Å². The molecule has 1 heterocycles. The molecule has 0 unspecified atom stereocenters. The van der Waals surface area contributed by atoms with Gasteiger partial charge in [0.15, 0.2) is 5.75 Å². The summed E-state index contributed by atoms with van der Waals surface area (Å²) in [6.07, 6.45) is 1.49. The van der Waals surface area contributed by atoms with Crippen LogP contribution in [0.3, 0.4) is 0 Å². The highest BCUT2D eigenvalue weighted by atomic mass is 16.5. The first-order valence-corrected chi connectivity index (χ1v) is 4.56. The van der Waals surface area contributed by atoms with Gasteiger partial charge in [-0.05, 0) is 11.9 Å². The molecular formula is C9H13N4O2+. The van der Waals surface area contributed by atoms with Crippen molar-refractivity contribution in [3.05, 3.63) is 33.3 Å². The van der Waals surface area contributed by atoms with Crippen molar-refractivity contribution in [2.45, 2.75) is 13.5 Å². The molecule has 0 bridgehead atoms. The summed E-state index contributed by atoms with van der Waals surface area (Å²) in [6, 6.07) is 1.42. The molecule has 1 aromatic heterocycles. The smallest absolute Gasteiger partial charge is 0.305 e. The van der Waals surface area contributed by atoms with Gasteiger partial charge < -0.3 is 9.72 Å². The number of aromatic nitrogens is 1. The molecule has 0 saturated carbocycles. The van der Waals surface area contributed by atoms with Crippen LogP contribution in [-0.4, -0.2) is 23.6 Å². The zero-order chi connectivity index (χ0) is 11.3. The minimum atomic E-state index is -0.194. The van der Waals surface area contributed by atoms with E-state index in [9.17, 15) is 4.79 Å². The Morgan fingerprint density at radius 1 is 1.67 bits per heavy atom. The number of hydrogen-bond acceptors (Lipinski definition) is 4. The third kappa shape index (κ3) is 2.71. The van der Waals surface area contributed by atoms with Crippen LogP contribution in [0.1, 0.15) is 12.6 Å². The Bertz CT molecular complexity index is 421. The van der Waals surface area contributed by atoms with Crippen molar-refractivity contribution in [2.75, 3.05) is 13.7 Å². The minimum Gasteiger partial charge on any atom is -0.491 e. The van der Waals surface area contributed by atoms with E-state index < -0.39 is 0 Å². The third-order valence-corrected chi connectivity index (χ3v) is 2.00. The Hall–Kier alpha value is -2.03. The van der Waals surface area contributed by atoms with Crippen LogP contribution >= 0.6 is 0 Å². The summed E-state index contributed by atoms with van der Waals surface area (Å²) in [5, 5.41) is 13.1. The van der Waals surface area contributed by atoms with Gasteiger partial charge >= 0.3 is 5.08 Å². The number of diazo groups is 1. The average Bonchev–Trinajstić information content (AvgIpc) is 2.26. The fourth-order valence-corrected chi connectivity index (χ4v) is 1.15. The largest absolute Gasteiger partial charge is 0.491 e. The number of nitrogens with one attached hydrogen (secondary N) is 1. The molecule has 0 aromatic carbocycles. The molecule has 6 heteroatoms. The lowest BCUT2D eigenvalue weighted by Gasteiger charge is -2.03. The van der Waals surface area contributed by atoms with Gasteiger partial charge in [0.2, 0.25) is 5.43 Å². The molecular weight excluding hydrogens is 196 g/mol. The molecule has 0 radical (unpaired) electrons. The van der Waals surface area contributed by atoms with E-state index >= 15 is 0 Å². The summed E-state index contributed by atoms with van der Waals surface area (Å²) >= 11 is 0. The predicted octanol–water partition coefficient (Wildman–Crippen LogP) is 0.973. The lowest BCUT2D eigenvalue weighted by atomic mass is 10.3. The van der Waals surface area contributed by atoms with Crippen LogP contribution in [0.2, 0.25) is 0 Å². The van der Waals surface area contributed by atoms with Crippen LogP contribution in [0.5, 0.6) is 5.75 Å². The number of ether oxygens (including phenoxy) is 1. The Morgan fingerprint density at radius 2 is 2.40 bits per heavy atom. The highest BCUT2D eigenvalue weighted by molar-refractivity contribution is 5.20. The van der Waals surface area contributed by atoms with Crippen LogP contribution in [-0.2, 0) is 6.54 Å². The van der Waals surface area contributed by atoms with E-state index in [1.165, 1.54) is 24.4 Å². The van der Waals surface area contributed by atoms with Gasteiger partial charge in [-0.3, -0.25) is 4.79 Å². The lowest BCUT2D eigenvalue weighted by Crippen LogP contribution is -2.16. The molecule has 0 aliphatic carbocycles. The molecule has 0 amide bonds. The first-order valence-electron chi connectivity index (χ1n) is 4.56. The molecule has 1 N–H and O–H groups in total. The van der Waals surface area contributed by atoms with E-state index in [0.29, 0.717) is 18.8 Å². The monoisotopic (exact) mass is 209 g/mol. The molecule has 1 aromatic rings. The Balaban J connectivity index is 2.85. The highest BCUT2D eigenvalue weighted by Gasteiger charge is 2.12. The summed E-state index contributed by atoms with van der Waals surface area (Å²) in [5.41, 5.74) is 0.473. The number of pyridine rings is 1.